The number of ether oxygens (including phenoxy) is 1. The van der Waals surface area contributed by atoms with Crippen molar-refractivity contribution in [1.29, 1.82) is 0 Å². The lowest BCUT2D eigenvalue weighted by Crippen LogP contribution is -2.19. The van der Waals surface area contributed by atoms with E-state index in [1.807, 2.05) is 0 Å². The number of amides is 1. The highest BCUT2D eigenvalue weighted by Gasteiger charge is 2.11. The number of thioether (sulfide) groups is 1. The molecule has 0 saturated heterocycles. The first-order chi connectivity index (χ1) is 13.1. The van der Waals surface area contributed by atoms with Gasteiger partial charge in [0.2, 0.25) is 0 Å². The second kappa shape index (κ2) is 9.45. The number of rotatable bonds is 8. The van der Waals surface area contributed by atoms with E-state index in [0.717, 1.165) is 11.8 Å². The van der Waals surface area contributed by atoms with Crippen LogP contribution in [0, 0.1) is 0 Å². The number of furan rings is 1. The number of nitrogens with zero attached hydrogens (tertiary/aromatic N) is 3. The Hall–Kier alpha value is -2.49. The number of carbonyl (C=O) groups is 1. The maximum Gasteiger partial charge on any atom is 0.277 e. The molecule has 11 heteroatoms. The van der Waals surface area contributed by atoms with Crippen LogP contribution in [0.5, 0.6) is 5.75 Å². The van der Waals surface area contributed by atoms with Crippen LogP contribution >= 0.6 is 35.0 Å². The SMILES string of the molecule is O=C(CSc1nnc(COc2ccc(Cl)cc2Cl)o1)N/N=C\c1ccco1. The summed E-state index contributed by atoms with van der Waals surface area (Å²) in [6.07, 6.45) is 2.91. The molecule has 27 heavy (non-hydrogen) atoms. The summed E-state index contributed by atoms with van der Waals surface area (Å²) >= 11 is 12.9. The molecule has 2 aromatic heterocycles. The fraction of sp³-hybridized carbons (Fsp3) is 0.125. The molecule has 140 valence electrons. The maximum absolute atomic E-state index is 11.7. The molecule has 0 fully saturated rings. The minimum absolute atomic E-state index is 0.0363. The van der Waals surface area contributed by atoms with E-state index in [0.29, 0.717) is 21.6 Å². The van der Waals surface area contributed by atoms with E-state index in [1.54, 1.807) is 30.3 Å². The second-order valence-corrected chi connectivity index (χ2v) is 6.69. The zero-order chi connectivity index (χ0) is 19.1. The molecule has 8 nitrogen and oxygen atoms in total. The summed E-state index contributed by atoms with van der Waals surface area (Å²) in [4.78, 5) is 11.7. The van der Waals surface area contributed by atoms with Gasteiger partial charge in [0.25, 0.3) is 17.0 Å². The Labute approximate surface area is 167 Å². The number of aromatic nitrogens is 2. The molecule has 3 aromatic rings. The Morgan fingerprint density at radius 2 is 2.22 bits per heavy atom. The van der Waals surface area contributed by atoms with Crippen molar-refractivity contribution in [2.75, 3.05) is 5.75 Å². The number of carbonyl (C=O) groups excluding carboxylic acids is 1. The number of halogens is 2. The molecule has 0 aliphatic heterocycles. The van der Waals surface area contributed by atoms with Gasteiger partial charge in [-0.1, -0.05) is 35.0 Å². The van der Waals surface area contributed by atoms with Crippen molar-refractivity contribution in [3.63, 3.8) is 0 Å². The van der Waals surface area contributed by atoms with Gasteiger partial charge in [-0.15, -0.1) is 10.2 Å². The fourth-order valence-electron chi connectivity index (χ4n) is 1.78. The molecule has 0 aliphatic carbocycles. The minimum Gasteiger partial charge on any atom is -0.482 e. The summed E-state index contributed by atoms with van der Waals surface area (Å²) in [6, 6.07) is 8.30. The highest BCUT2D eigenvalue weighted by Crippen LogP contribution is 2.28. The first-order valence-electron chi connectivity index (χ1n) is 7.48. The lowest BCUT2D eigenvalue weighted by atomic mass is 10.3. The zero-order valence-corrected chi connectivity index (χ0v) is 15.9. The molecule has 1 aromatic carbocycles. The first kappa shape index (κ1) is 19.3. The summed E-state index contributed by atoms with van der Waals surface area (Å²) in [7, 11) is 0. The van der Waals surface area contributed by atoms with E-state index in [4.69, 9.17) is 36.8 Å². The van der Waals surface area contributed by atoms with Crippen LogP contribution in [0.4, 0.5) is 0 Å². The lowest BCUT2D eigenvalue weighted by molar-refractivity contribution is -0.118. The van der Waals surface area contributed by atoms with Crippen molar-refractivity contribution in [2.24, 2.45) is 5.10 Å². The monoisotopic (exact) mass is 426 g/mol. The van der Waals surface area contributed by atoms with Crippen LogP contribution in [0.25, 0.3) is 0 Å². The third-order valence-electron chi connectivity index (χ3n) is 2.94. The Morgan fingerprint density at radius 1 is 1.33 bits per heavy atom. The summed E-state index contributed by atoms with van der Waals surface area (Å²) in [5.74, 6) is 0.958. The Bertz CT molecular complexity index is 930. The van der Waals surface area contributed by atoms with Crippen molar-refractivity contribution < 1.29 is 18.4 Å². The number of nitrogens with one attached hydrogen (secondary N) is 1. The van der Waals surface area contributed by atoms with Gasteiger partial charge in [0.1, 0.15) is 11.5 Å². The molecule has 0 unspecified atom stereocenters. The number of hydrogen-bond acceptors (Lipinski definition) is 8. The van der Waals surface area contributed by atoms with E-state index in [2.05, 4.69) is 20.7 Å². The maximum atomic E-state index is 11.7. The van der Waals surface area contributed by atoms with Crippen molar-refractivity contribution in [3.05, 3.63) is 58.3 Å². The molecule has 0 spiro atoms. The first-order valence-corrected chi connectivity index (χ1v) is 9.23. The summed E-state index contributed by atoms with van der Waals surface area (Å²) in [5.41, 5.74) is 2.37. The normalized spacial score (nSPS) is 11.0. The summed E-state index contributed by atoms with van der Waals surface area (Å²) in [5, 5.41) is 12.6. The van der Waals surface area contributed by atoms with Gasteiger partial charge in [0.15, 0.2) is 6.61 Å². The number of hydrazone groups is 1. The Morgan fingerprint density at radius 3 is 3.00 bits per heavy atom. The molecule has 3 rings (SSSR count). The number of benzene rings is 1. The molecule has 1 N–H and O–H groups in total. The highest BCUT2D eigenvalue weighted by molar-refractivity contribution is 7.99. The van der Waals surface area contributed by atoms with Crippen molar-refractivity contribution in [2.45, 2.75) is 11.8 Å². The molecular formula is C16H12Cl2N4O4S. The van der Waals surface area contributed by atoms with Crippen molar-refractivity contribution in [3.8, 4) is 5.75 Å². The number of hydrogen-bond donors (Lipinski definition) is 1. The largest absolute Gasteiger partial charge is 0.482 e. The molecule has 0 bridgehead atoms. The van der Waals surface area contributed by atoms with E-state index >= 15 is 0 Å². The van der Waals surface area contributed by atoms with Gasteiger partial charge in [-0.3, -0.25) is 4.79 Å². The van der Waals surface area contributed by atoms with Gasteiger partial charge in [-0.25, -0.2) is 5.43 Å². The average molecular weight is 427 g/mol. The third kappa shape index (κ3) is 6.02. The minimum atomic E-state index is -0.327. The summed E-state index contributed by atoms with van der Waals surface area (Å²) in [6.45, 7) is 0.0363. The quantitative estimate of drug-likeness (QED) is 0.331. The van der Waals surface area contributed by atoms with Gasteiger partial charge in [-0.05, 0) is 30.3 Å². The van der Waals surface area contributed by atoms with Crippen LogP contribution in [-0.4, -0.2) is 28.1 Å². The van der Waals surface area contributed by atoms with Crippen LogP contribution in [0.3, 0.4) is 0 Å². The van der Waals surface area contributed by atoms with E-state index in [-0.39, 0.29) is 29.4 Å². The van der Waals surface area contributed by atoms with Crippen molar-refractivity contribution in [1.82, 2.24) is 15.6 Å². The average Bonchev–Trinajstić information content (AvgIpc) is 3.31. The van der Waals surface area contributed by atoms with Crippen LogP contribution in [0.2, 0.25) is 10.0 Å². The standard InChI is InChI=1S/C16H12Cl2N4O4S/c17-10-3-4-13(12(18)6-10)25-8-15-21-22-16(26-15)27-9-14(23)20-19-7-11-2-1-5-24-11/h1-7H,8-9H2,(H,20,23)/b19-7-. The molecule has 0 radical (unpaired) electrons. The predicted octanol–water partition coefficient (Wildman–Crippen LogP) is 3.79. The molecular weight excluding hydrogens is 415 g/mol. The Balaban J connectivity index is 1.43. The van der Waals surface area contributed by atoms with Crippen LogP contribution < -0.4 is 10.2 Å². The van der Waals surface area contributed by atoms with Gasteiger partial charge in [0.05, 0.1) is 23.3 Å². The van der Waals surface area contributed by atoms with Gasteiger partial charge in [0, 0.05) is 5.02 Å². The Kier molecular flexibility index (Phi) is 6.74. The molecule has 0 aliphatic rings. The van der Waals surface area contributed by atoms with Crippen LogP contribution in [0.1, 0.15) is 11.7 Å². The topological polar surface area (TPSA) is 103 Å². The molecule has 1 amide bonds. The molecule has 0 atom stereocenters. The summed E-state index contributed by atoms with van der Waals surface area (Å²) < 4.78 is 15.9. The zero-order valence-electron chi connectivity index (χ0n) is 13.6. The third-order valence-corrected chi connectivity index (χ3v) is 4.29. The predicted molar refractivity (Wildman–Crippen MR) is 100 cm³/mol. The fourth-order valence-corrected chi connectivity index (χ4v) is 2.81. The van der Waals surface area contributed by atoms with Crippen molar-refractivity contribution >= 4 is 47.1 Å². The van der Waals surface area contributed by atoms with Crippen LogP contribution in [0.15, 0.2) is 55.8 Å². The second-order valence-electron chi connectivity index (χ2n) is 4.92. The van der Waals surface area contributed by atoms with E-state index in [1.165, 1.54) is 12.5 Å². The lowest BCUT2D eigenvalue weighted by Gasteiger charge is -2.05. The van der Waals surface area contributed by atoms with Gasteiger partial charge < -0.3 is 13.6 Å². The molecule has 0 saturated carbocycles. The van der Waals surface area contributed by atoms with E-state index < -0.39 is 0 Å². The molecule has 2 heterocycles. The highest BCUT2D eigenvalue weighted by atomic mass is 35.5. The van der Waals surface area contributed by atoms with Crippen LogP contribution in [-0.2, 0) is 11.4 Å². The van der Waals surface area contributed by atoms with E-state index in [9.17, 15) is 4.79 Å². The van der Waals surface area contributed by atoms with Gasteiger partial charge in [-0.2, -0.15) is 5.10 Å². The van der Waals surface area contributed by atoms with Gasteiger partial charge >= 0.3 is 0 Å². The smallest absolute Gasteiger partial charge is 0.277 e.